The fourth-order valence-electron chi connectivity index (χ4n) is 0.330. The minimum Gasteiger partial charge on any atom is -0.291 e. The number of hydrogen-bond acceptors (Lipinski definition) is 4. The summed E-state index contributed by atoms with van der Waals surface area (Å²) in [5.74, 6) is 0. The van der Waals surface area contributed by atoms with Crippen LogP contribution in [0.5, 0.6) is 0 Å². The molecule has 1 unspecified atom stereocenters. The molecule has 0 aromatic heterocycles. The third kappa shape index (κ3) is 6.99. The second-order valence-electron chi connectivity index (χ2n) is 1.92. The maximum absolute atomic E-state index is 10.2. The SMILES string of the molecule is CONS#[SH](C)CSN(C)C=O. The Morgan fingerprint density at radius 3 is 2.92 bits per heavy atom. The van der Waals surface area contributed by atoms with Gasteiger partial charge in [-0.2, -0.15) is 9.23 Å². The Bertz CT molecular complexity index is 210. The van der Waals surface area contributed by atoms with Crippen LogP contribution >= 0.6 is 31.5 Å². The van der Waals surface area contributed by atoms with Crippen LogP contribution in [0.4, 0.5) is 0 Å². The number of nitrogens with one attached hydrogen (secondary N) is 1. The second-order valence-corrected chi connectivity index (χ2v) is 7.81. The van der Waals surface area contributed by atoms with Crippen molar-refractivity contribution in [3.05, 3.63) is 0 Å². The number of carbonyl (C=O) groups excluding carboxylic acids is 1. The summed E-state index contributed by atoms with van der Waals surface area (Å²) in [6.45, 7) is 0. The predicted octanol–water partition coefficient (Wildman–Crippen LogP) is 1.03. The third-order valence-corrected chi connectivity index (χ3v) is 5.94. The van der Waals surface area contributed by atoms with Gasteiger partial charge in [0.05, 0.1) is 12.2 Å². The summed E-state index contributed by atoms with van der Waals surface area (Å²) in [5, 5.41) is 0.936. The molecule has 0 saturated heterocycles. The Morgan fingerprint density at radius 2 is 2.42 bits per heavy atom. The van der Waals surface area contributed by atoms with E-state index in [1.165, 1.54) is 11.9 Å². The smallest absolute Gasteiger partial charge is 0.219 e. The lowest BCUT2D eigenvalue weighted by Crippen LogP contribution is -2.04. The second kappa shape index (κ2) is 7.93. The van der Waals surface area contributed by atoms with Crippen LogP contribution in [-0.4, -0.2) is 36.2 Å². The van der Waals surface area contributed by atoms with Crippen molar-refractivity contribution >= 4 is 37.9 Å². The quantitative estimate of drug-likeness (QED) is 0.327. The predicted molar refractivity (Wildman–Crippen MR) is 58.9 cm³/mol. The van der Waals surface area contributed by atoms with E-state index in [1.807, 2.05) is 0 Å². The largest absolute Gasteiger partial charge is 0.291 e. The molecular formula is C5H14N2O2S3. The highest BCUT2D eigenvalue weighted by molar-refractivity contribution is 8.47. The molecule has 7 heteroatoms. The van der Waals surface area contributed by atoms with Crippen LogP contribution in [-0.2, 0) is 9.63 Å². The molecule has 0 aromatic rings. The molecule has 1 N–H and O–H groups in total. The van der Waals surface area contributed by atoms with E-state index in [0.29, 0.717) is 0 Å². The van der Waals surface area contributed by atoms with Gasteiger partial charge in [-0.25, -0.2) is 0 Å². The van der Waals surface area contributed by atoms with Gasteiger partial charge in [-0.1, -0.05) is 10.3 Å². The molecule has 1 atom stereocenters. The van der Waals surface area contributed by atoms with Crippen LogP contribution in [0.15, 0.2) is 0 Å². The monoisotopic (exact) mass is 230 g/mol. The first-order valence-corrected chi connectivity index (χ1v) is 7.51. The summed E-state index contributed by atoms with van der Waals surface area (Å²) in [6.07, 6.45) is 2.93. The van der Waals surface area contributed by atoms with Gasteiger partial charge in [0.1, 0.15) is 0 Å². The van der Waals surface area contributed by atoms with Crippen LogP contribution in [0.3, 0.4) is 0 Å². The first-order valence-electron chi connectivity index (χ1n) is 3.17. The molecule has 0 saturated carbocycles. The van der Waals surface area contributed by atoms with Gasteiger partial charge >= 0.3 is 0 Å². The fraction of sp³-hybridized carbons (Fsp3) is 0.800. The van der Waals surface area contributed by atoms with Crippen molar-refractivity contribution in [2.75, 3.05) is 25.5 Å². The van der Waals surface area contributed by atoms with E-state index < -0.39 is 0 Å². The van der Waals surface area contributed by atoms with E-state index in [4.69, 9.17) is 0 Å². The van der Waals surface area contributed by atoms with Crippen molar-refractivity contribution in [1.82, 2.24) is 9.19 Å². The topological polar surface area (TPSA) is 41.6 Å². The summed E-state index contributed by atoms with van der Waals surface area (Å²) in [4.78, 5) is 17.6. The fourth-order valence-corrected chi connectivity index (χ4v) is 3.69. The van der Waals surface area contributed by atoms with Crippen LogP contribution in [0.25, 0.3) is 0 Å². The molecule has 0 rings (SSSR count). The Balaban J connectivity index is 3.64. The zero-order chi connectivity index (χ0) is 9.40. The number of hydrogen-bond donors (Lipinski definition) is 2. The zero-order valence-corrected chi connectivity index (χ0v) is 9.84. The lowest BCUT2D eigenvalue weighted by atomic mass is 11.2. The summed E-state index contributed by atoms with van der Waals surface area (Å²) in [6, 6.07) is 0. The maximum atomic E-state index is 10.2. The van der Waals surface area contributed by atoms with E-state index in [2.05, 4.69) is 16.0 Å². The van der Waals surface area contributed by atoms with Crippen molar-refractivity contribution in [2.24, 2.45) is 0 Å². The summed E-state index contributed by atoms with van der Waals surface area (Å²) < 4.78 is 1.56. The van der Waals surface area contributed by atoms with Crippen molar-refractivity contribution in [1.29, 1.82) is 0 Å². The molecule has 0 heterocycles. The number of thiol groups is 1. The molecule has 0 aliphatic heterocycles. The van der Waals surface area contributed by atoms with Crippen LogP contribution in [0.1, 0.15) is 0 Å². The Kier molecular flexibility index (Phi) is 8.14. The number of amides is 1. The third-order valence-electron chi connectivity index (χ3n) is 0.868. The van der Waals surface area contributed by atoms with Gasteiger partial charge in [-0.05, 0) is 18.2 Å². The lowest BCUT2D eigenvalue weighted by Gasteiger charge is -2.07. The summed E-state index contributed by atoms with van der Waals surface area (Å²) >= 11 is 1.51. The summed E-state index contributed by atoms with van der Waals surface area (Å²) in [7, 11) is 4.71. The Labute approximate surface area is 82.4 Å². The molecule has 4 nitrogen and oxygen atoms in total. The molecule has 0 spiro atoms. The highest BCUT2D eigenvalue weighted by Crippen LogP contribution is 2.17. The number of rotatable bonds is 4. The van der Waals surface area contributed by atoms with Gasteiger partial charge in [0.15, 0.2) is 0 Å². The van der Waals surface area contributed by atoms with Crippen molar-refractivity contribution < 1.29 is 9.63 Å². The summed E-state index contributed by atoms with van der Waals surface area (Å²) in [5.41, 5.74) is 0. The van der Waals surface area contributed by atoms with Gasteiger partial charge in [0.2, 0.25) is 6.41 Å². The van der Waals surface area contributed by atoms with Crippen molar-refractivity contribution in [3.8, 4) is 0 Å². The molecule has 74 valence electrons. The van der Waals surface area contributed by atoms with Gasteiger partial charge in [0.25, 0.3) is 0 Å². The molecule has 0 radical (unpaired) electrons. The normalized spacial score (nSPS) is 12.2. The first-order chi connectivity index (χ1) is 5.70. The van der Waals surface area contributed by atoms with Crippen molar-refractivity contribution in [3.63, 3.8) is 0 Å². The maximum Gasteiger partial charge on any atom is 0.219 e. The van der Waals surface area contributed by atoms with Gasteiger partial charge in [0, 0.05) is 7.05 Å². The lowest BCUT2D eigenvalue weighted by molar-refractivity contribution is -0.113. The number of carbonyl (C=O) groups is 1. The highest BCUT2D eigenvalue weighted by atomic mass is 32.7. The van der Waals surface area contributed by atoms with E-state index in [9.17, 15) is 4.79 Å². The highest BCUT2D eigenvalue weighted by Gasteiger charge is 1.91. The van der Waals surface area contributed by atoms with Crippen LogP contribution < -0.4 is 4.89 Å². The first kappa shape index (κ1) is 12.3. The van der Waals surface area contributed by atoms with Gasteiger partial charge in [-0.3, -0.25) is 13.9 Å². The van der Waals surface area contributed by atoms with E-state index in [1.54, 1.807) is 28.7 Å². The zero-order valence-electron chi connectivity index (χ0n) is 7.31. The Morgan fingerprint density at radius 1 is 1.75 bits per heavy atom. The van der Waals surface area contributed by atoms with E-state index in [0.717, 1.165) is 11.5 Å². The molecule has 0 aliphatic carbocycles. The average Bonchev–Trinajstić information content (AvgIpc) is 2.10. The van der Waals surface area contributed by atoms with Crippen LogP contribution in [0, 0.1) is 0 Å². The molecule has 0 fully saturated rings. The van der Waals surface area contributed by atoms with Gasteiger partial charge < -0.3 is 0 Å². The average molecular weight is 230 g/mol. The molecule has 0 aromatic carbocycles. The minimum atomic E-state index is -0.182. The molecular weight excluding hydrogens is 216 g/mol. The Hall–Kier alpha value is 0.310. The number of nitrogens with zero attached hydrogens (tertiary/aromatic N) is 1. The molecule has 0 aliphatic rings. The standard InChI is InChI=1S/C5H14N2O2S3/c1-7(4-8)10-5-12(3)11-6-9-2/h4,6,12H,5H2,1-3H3. The molecule has 0 bridgehead atoms. The van der Waals surface area contributed by atoms with Crippen molar-refractivity contribution in [2.45, 2.75) is 0 Å². The van der Waals surface area contributed by atoms with Crippen LogP contribution in [0.2, 0.25) is 0 Å². The molecule has 12 heavy (non-hydrogen) atoms. The van der Waals surface area contributed by atoms with E-state index >= 15 is 0 Å². The molecule has 1 amide bonds. The minimum absolute atomic E-state index is 0.182. The van der Waals surface area contributed by atoms with Gasteiger partial charge in [-0.15, -0.1) is 4.89 Å². The van der Waals surface area contributed by atoms with E-state index in [-0.39, 0.29) is 9.23 Å².